The summed E-state index contributed by atoms with van der Waals surface area (Å²) in [5.41, 5.74) is -0.646. The number of hydrogen-bond acceptors (Lipinski definition) is 3. The van der Waals surface area contributed by atoms with Gasteiger partial charge in [0, 0.05) is 37.2 Å². The molecule has 0 radical (unpaired) electrons. The Morgan fingerprint density at radius 3 is 2.78 bits per heavy atom. The molecule has 1 aromatic heterocycles. The van der Waals surface area contributed by atoms with Crippen molar-refractivity contribution < 1.29 is 13.2 Å². The number of benzene rings is 1. The van der Waals surface area contributed by atoms with E-state index in [1.807, 2.05) is 13.1 Å². The van der Waals surface area contributed by atoms with E-state index in [1.165, 1.54) is 6.07 Å². The van der Waals surface area contributed by atoms with Crippen molar-refractivity contribution in [2.75, 3.05) is 11.4 Å². The lowest BCUT2D eigenvalue weighted by molar-refractivity contribution is -0.137. The zero-order chi connectivity index (χ0) is 19.4. The van der Waals surface area contributed by atoms with Crippen LogP contribution in [0.1, 0.15) is 43.7 Å². The van der Waals surface area contributed by atoms with Crippen LogP contribution in [0.4, 0.5) is 18.9 Å². The summed E-state index contributed by atoms with van der Waals surface area (Å²) in [6.07, 6.45) is 5.05. The summed E-state index contributed by atoms with van der Waals surface area (Å²) in [4.78, 5) is 6.13. The number of anilines is 1. The molecular formula is C20H23F3N4. The van der Waals surface area contributed by atoms with Gasteiger partial charge < -0.3 is 9.47 Å². The van der Waals surface area contributed by atoms with E-state index >= 15 is 0 Å². The van der Waals surface area contributed by atoms with E-state index in [1.54, 1.807) is 24.7 Å². The molecule has 1 heterocycles. The summed E-state index contributed by atoms with van der Waals surface area (Å²) in [6, 6.07) is 5.90. The number of aromatic nitrogens is 2. The van der Waals surface area contributed by atoms with Crippen LogP contribution in [0.2, 0.25) is 0 Å². The van der Waals surface area contributed by atoms with Gasteiger partial charge in [-0.15, -0.1) is 0 Å². The molecule has 144 valence electrons. The average molecular weight is 376 g/mol. The van der Waals surface area contributed by atoms with Crippen LogP contribution in [0.5, 0.6) is 0 Å². The Balaban J connectivity index is 1.81. The second-order valence-electron chi connectivity index (χ2n) is 7.07. The fourth-order valence-electron chi connectivity index (χ4n) is 4.10. The van der Waals surface area contributed by atoms with Crippen LogP contribution in [0.15, 0.2) is 36.9 Å². The minimum atomic E-state index is -4.53. The summed E-state index contributed by atoms with van der Waals surface area (Å²) in [6.45, 7) is 3.48. The van der Waals surface area contributed by atoms with E-state index in [0.29, 0.717) is 18.2 Å². The molecule has 1 aliphatic rings. The maximum Gasteiger partial charge on any atom is 0.417 e. The molecule has 0 aliphatic heterocycles. The Labute approximate surface area is 157 Å². The monoisotopic (exact) mass is 376 g/mol. The van der Waals surface area contributed by atoms with Crippen molar-refractivity contribution in [1.29, 1.82) is 5.26 Å². The topological polar surface area (TPSA) is 44.9 Å². The first-order valence-electron chi connectivity index (χ1n) is 9.26. The van der Waals surface area contributed by atoms with Crippen molar-refractivity contribution in [2.45, 2.75) is 51.4 Å². The van der Waals surface area contributed by atoms with E-state index in [2.05, 4.69) is 14.5 Å². The third kappa shape index (κ3) is 4.44. The van der Waals surface area contributed by atoms with Gasteiger partial charge in [0.2, 0.25) is 0 Å². The van der Waals surface area contributed by atoms with Gasteiger partial charge in [-0.3, -0.25) is 0 Å². The number of halogens is 3. The van der Waals surface area contributed by atoms with Crippen molar-refractivity contribution in [3.05, 3.63) is 48.0 Å². The average Bonchev–Trinajstić information content (AvgIpc) is 3.15. The highest BCUT2D eigenvalue weighted by atomic mass is 19.4. The van der Waals surface area contributed by atoms with E-state index < -0.39 is 11.7 Å². The Morgan fingerprint density at radius 2 is 2.15 bits per heavy atom. The Kier molecular flexibility index (Phi) is 5.73. The standard InChI is InChI=1S/C20H23F3N4/c1-2-27(18-7-6-16(12-24)19(11-18)20(21,22)23)17-5-3-4-15(10-17)13-26-9-8-25-14-26/h6-9,11,14-15,17H,2-5,10,13H2,1H3/t15-,17+/m0/s1. The molecule has 1 aromatic carbocycles. The maximum absolute atomic E-state index is 13.3. The number of alkyl halides is 3. The molecule has 3 rings (SSSR count). The van der Waals surface area contributed by atoms with Gasteiger partial charge in [0.15, 0.2) is 0 Å². The summed E-state index contributed by atoms with van der Waals surface area (Å²) in [5, 5.41) is 9.00. The molecule has 1 aliphatic carbocycles. The number of rotatable bonds is 5. The van der Waals surface area contributed by atoms with Gasteiger partial charge in [0.25, 0.3) is 0 Å². The second kappa shape index (κ2) is 8.03. The zero-order valence-electron chi connectivity index (χ0n) is 15.3. The Bertz CT molecular complexity index is 793. The van der Waals surface area contributed by atoms with Gasteiger partial charge in [-0.25, -0.2) is 4.98 Å². The normalized spacial score (nSPS) is 20.3. The molecule has 1 saturated carbocycles. The van der Waals surface area contributed by atoms with Gasteiger partial charge in [-0.05, 0) is 50.3 Å². The lowest BCUT2D eigenvalue weighted by atomic mass is 9.84. The first-order valence-corrected chi connectivity index (χ1v) is 9.26. The van der Waals surface area contributed by atoms with Crippen molar-refractivity contribution in [3.8, 4) is 6.07 Å². The minimum Gasteiger partial charge on any atom is -0.369 e. The number of nitrogens with zero attached hydrogens (tertiary/aromatic N) is 4. The van der Waals surface area contributed by atoms with Gasteiger partial charge in [0.1, 0.15) is 0 Å². The molecule has 1 fully saturated rings. The summed E-state index contributed by atoms with van der Waals surface area (Å²) in [5.74, 6) is 0.479. The molecular weight excluding hydrogens is 353 g/mol. The quantitative estimate of drug-likeness (QED) is 0.749. The highest BCUT2D eigenvalue weighted by Gasteiger charge is 2.35. The minimum absolute atomic E-state index is 0.200. The predicted molar refractivity (Wildman–Crippen MR) is 97.2 cm³/mol. The largest absolute Gasteiger partial charge is 0.417 e. The van der Waals surface area contributed by atoms with E-state index in [9.17, 15) is 13.2 Å². The van der Waals surface area contributed by atoms with Crippen LogP contribution in [-0.4, -0.2) is 22.1 Å². The van der Waals surface area contributed by atoms with Gasteiger partial charge in [-0.2, -0.15) is 18.4 Å². The SMILES string of the molecule is CCN(c1ccc(C#N)c(C(F)(F)F)c1)[C@@H]1CCC[C@H](Cn2ccnc2)C1. The van der Waals surface area contributed by atoms with Crippen molar-refractivity contribution >= 4 is 5.69 Å². The molecule has 27 heavy (non-hydrogen) atoms. The highest BCUT2D eigenvalue weighted by molar-refractivity contribution is 5.55. The van der Waals surface area contributed by atoms with Crippen LogP contribution in [-0.2, 0) is 12.7 Å². The lowest BCUT2D eigenvalue weighted by Gasteiger charge is -2.39. The van der Waals surface area contributed by atoms with Crippen molar-refractivity contribution in [2.24, 2.45) is 5.92 Å². The lowest BCUT2D eigenvalue weighted by Crippen LogP contribution is -2.39. The predicted octanol–water partition coefficient (Wildman–Crippen LogP) is 4.86. The molecule has 0 saturated heterocycles. The maximum atomic E-state index is 13.3. The van der Waals surface area contributed by atoms with Crippen LogP contribution in [0.25, 0.3) is 0 Å². The van der Waals surface area contributed by atoms with Gasteiger partial charge in [0.05, 0.1) is 23.5 Å². The molecule has 7 heteroatoms. The number of nitriles is 1. The molecule has 2 aromatic rings. The molecule has 2 atom stereocenters. The molecule has 4 nitrogen and oxygen atoms in total. The van der Waals surface area contributed by atoms with Gasteiger partial charge >= 0.3 is 6.18 Å². The first-order chi connectivity index (χ1) is 12.9. The van der Waals surface area contributed by atoms with Crippen LogP contribution in [0.3, 0.4) is 0 Å². The van der Waals surface area contributed by atoms with E-state index in [4.69, 9.17) is 5.26 Å². The fourth-order valence-corrected chi connectivity index (χ4v) is 4.10. The summed E-state index contributed by atoms with van der Waals surface area (Å²) < 4.78 is 42.0. The summed E-state index contributed by atoms with van der Waals surface area (Å²) >= 11 is 0. The molecule has 0 amide bonds. The van der Waals surface area contributed by atoms with E-state index in [-0.39, 0.29) is 11.6 Å². The van der Waals surface area contributed by atoms with Crippen LogP contribution in [0, 0.1) is 17.2 Å². The molecule has 0 N–H and O–H groups in total. The third-order valence-corrected chi connectivity index (χ3v) is 5.33. The molecule has 0 bridgehead atoms. The van der Waals surface area contributed by atoms with Crippen LogP contribution < -0.4 is 4.90 Å². The third-order valence-electron chi connectivity index (χ3n) is 5.33. The first kappa shape index (κ1) is 19.3. The molecule has 0 unspecified atom stereocenters. The van der Waals surface area contributed by atoms with Crippen LogP contribution >= 0.6 is 0 Å². The zero-order valence-corrected chi connectivity index (χ0v) is 15.3. The van der Waals surface area contributed by atoms with Crippen molar-refractivity contribution in [1.82, 2.24) is 9.55 Å². The molecule has 0 spiro atoms. The van der Waals surface area contributed by atoms with Gasteiger partial charge in [-0.1, -0.05) is 6.42 Å². The number of imidazole rings is 1. The summed E-state index contributed by atoms with van der Waals surface area (Å²) in [7, 11) is 0. The smallest absolute Gasteiger partial charge is 0.369 e. The highest BCUT2D eigenvalue weighted by Crippen LogP contribution is 2.37. The number of hydrogen-bond donors (Lipinski definition) is 0. The second-order valence-corrected chi connectivity index (χ2v) is 7.07. The Morgan fingerprint density at radius 1 is 1.33 bits per heavy atom. The van der Waals surface area contributed by atoms with Crippen molar-refractivity contribution in [3.63, 3.8) is 0 Å². The van der Waals surface area contributed by atoms with E-state index in [0.717, 1.165) is 38.3 Å². The fraction of sp³-hybridized carbons (Fsp3) is 0.500. The Hall–Kier alpha value is -2.49.